The van der Waals surface area contributed by atoms with Crippen molar-refractivity contribution < 1.29 is 28.9 Å². The van der Waals surface area contributed by atoms with E-state index in [1.165, 1.54) is 4.90 Å². The first kappa shape index (κ1) is 21.8. The summed E-state index contributed by atoms with van der Waals surface area (Å²) in [5.41, 5.74) is 2.37. The zero-order valence-electron chi connectivity index (χ0n) is 19.4. The molecule has 8 nitrogen and oxygen atoms in total. The Hall–Kier alpha value is -4.72. The van der Waals surface area contributed by atoms with E-state index in [-0.39, 0.29) is 18.1 Å². The monoisotopic (exact) mass is 482 g/mol. The minimum Gasteiger partial charge on any atom is -0.507 e. The van der Waals surface area contributed by atoms with Crippen LogP contribution in [0, 0.1) is 0 Å². The Morgan fingerprint density at radius 1 is 1.06 bits per heavy atom. The Morgan fingerprint density at radius 3 is 2.75 bits per heavy atom. The van der Waals surface area contributed by atoms with Crippen LogP contribution in [0.15, 0.2) is 78.5 Å². The second-order valence-corrected chi connectivity index (χ2v) is 8.46. The maximum Gasteiger partial charge on any atom is 0.300 e. The number of aliphatic hydroxyl groups excluding tert-OH is 1. The molecule has 0 spiro atoms. The number of rotatable bonds is 5. The number of nitrogens with one attached hydrogen (secondary N) is 1. The van der Waals surface area contributed by atoms with Gasteiger partial charge in [0.05, 0.1) is 18.2 Å². The van der Waals surface area contributed by atoms with Gasteiger partial charge < -0.3 is 24.3 Å². The van der Waals surface area contributed by atoms with Crippen molar-refractivity contribution in [2.45, 2.75) is 13.0 Å². The molecule has 6 rings (SSSR count). The molecule has 3 aromatic carbocycles. The van der Waals surface area contributed by atoms with Gasteiger partial charge in [0.15, 0.2) is 11.5 Å². The number of fused-ring (bicyclic) bond motifs is 2. The number of carbonyl (C=O) groups excluding carboxylic acids is 2. The number of ether oxygens (including phenoxy) is 3. The van der Waals surface area contributed by atoms with Crippen molar-refractivity contribution >= 4 is 34.0 Å². The van der Waals surface area contributed by atoms with E-state index < -0.39 is 17.7 Å². The van der Waals surface area contributed by atoms with E-state index in [0.29, 0.717) is 40.7 Å². The Morgan fingerprint density at radius 2 is 1.89 bits per heavy atom. The topological polar surface area (TPSA) is 101 Å². The minimum atomic E-state index is -0.872. The van der Waals surface area contributed by atoms with E-state index in [1.54, 1.807) is 48.7 Å². The normalized spacial score (nSPS) is 18.2. The summed E-state index contributed by atoms with van der Waals surface area (Å²) < 4.78 is 16.4. The number of aromatic amines is 1. The first-order valence-electron chi connectivity index (χ1n) is 11.6. The molecule has 8 heteroatoms. The van der Waals surface area contributed by atoms with Crippen LogP contribution in [-0.2, 0) is 9.59 Å². The molecule has 1 saturated heterocycles. The summed E-state index contributed by atoms with van der Waals surface area (Å²) in [7, 11) is 0. The highest BCUT2D eigenvalue weighted by atomic mass is 16.7. The number of nitrogens with zero attached hydrogens (tertiary/aromatic N) is 1. The van der Waals surface area contributed by atoms with Crippen molar-refractivity contribution in [2.75, 3.05) is 18.3 Å². The maximum atomic E-state index is 13.5. The summed E-state index contributed by atoms with van der Waals surface area (Å²) in [6.07, 6.45) is 1.77. The molecule has 2 aliphatic rings. The summed E-state index contributed by atoms with van der Waals surface area (Å²) in [6.45, 7) is 2.41. The van der Waals surface area contributed by atoms with E-state index in [1.807, 2.05) is 31.2 Å². The lowest BCUT2D eigenvalue weighted by Crippen LogP contribution is -2.29. The summed E-state index contributed by atoms with van der Waals surface area (Å²) in [5, 5.41) is 12.3. The number of carbonyl (C=O) groups is 2. The molecule has 0 aliphatic carbocycles. The van der Waals surface area contributed by atoms with E-state index in [0.717, 1.165) is 10.9 Å². The fraction of sp³-hybridized carbons (Fsp3) is 0.143. The summed E-state index contributed by atoms with van der Waals surface area (Å²) in [6, 6.07) is 18.7. The molecule has 0 saturated carbocycles. The van der Waals surface area contributed by atoms with Crippen molar-refractivity contribution in [1.82, 2.24) is 4.98 Å². The zero-order chi connectivity index (χ0) is 24.8. The Bertz CT molecular complexity index is 1550. The highest BCUT2D eigenvalue weighted by Gasteiger charge is 2.48. The van der Waals surface area contributed by atoms with Crippen LogP contribution in [0.1, 0.15) is 24.1 Å². The maximum absolute atomic E-state index is 13.5. The van der Waals surface area contributed by atoms with E-state index in [9.17, 15) is 14.7 Å². The van der Waals surface area contributed by atoms with Crippen LogP contribution >= 0.6 is 0 Å². The third-order valence-electron chi connectivity index (χ3n) is 6.41. The van der Waals surface area contributed by atoms with Gasteiger partial charge in [-0.25, -0.2) is 0 Å². The Kier molecular flexibility index (Phi) is 5.14. The zero-order valence-corrected chi connectivity index (χ0v) is 19.4. The standard InChI is InChI=1S/C28H22N2O6/c1-2-34-18-7-5-6-17(13-18)30-25(20-14-29-21-9-4-3-8-19(20)21)24(27(32)28(30)33)26(31)16-10-11-22-23(12-16)36-15-35-22/h3-14,25,29,31H,2,15H2,1H3/b26-24+. The molecule has 36 heavy (non-hydrogen) atoms. The molecule has 1 fully saturated rings. The number of ketones is 1. The van der Waals surface area contributed by atoms with Crippen LogP contribution in [0.3, 0.4) is 0 Å². The lowest BCUT2D eigenvalue weighted by molar-refractivity contribution is -0.132. The third kappa shape index (κ3) is 3.38. The molecule has 180 valence electrons. The molecule has 1 amide bonds. The molecule has 2 aliphatic heterocycles. The molecular formula is C28H22N2O6. The number of Topliss-reactive ketones (excluding diaryl/α,β-unsaturated/α-hetero) is 1. The third-order valence-corrected chi connectivity index (χ3v) is 6.41. The van der Waals surface area contributed by atoms with Crippen LogP contribution in [0.2, 0.25) is 0 Å². The van der Waals surface area contributed by atoms with E-state index >= 15 is 0 Å². The number of benzene rings is 3. The quantitative estimate of drug-likeness (QED) is 0.238. The number of anilines is 1. The van der Waals surface area contributed by atoms with Gasteiger partial charge in [0.1, 0.15) is 11.5 Å². The van der Waals surface area contributed by atoms with Crippen LogP contribution in [0.25, 0.3) is 16.7 Å². The van der Waals surface area contributed by atoms with Crippen LogP contribution < -0.4 is 19.1 Å². The fourth-order valence-electron chi connectivity index (χ4n) is 4.80. The van der Waals surface area contributed by atoms with Gasteiger partial charge >= 0.3 is 0 Å². The highest BCUT2D eigenvalue weighted by molar-refractivity contribution is 6.52. The lowest BCUT2D eigenvalue weighted by atomic mass is 9.94. The number of H-pyrrole nitrogens is 1. The van der Waals surface area contributed by atoms with Crippen molar-refractivity contribution in [3.05, 3.63) is 89.6 Å². The van der Waals surface area contributed by atoms with Gasteiger partial charge in [0.2, 0.25) is 6.79 Å². The molecular weight excluding hydrogens is 460 g/mol. The van der Waals surface area contributed by atoms with Crippen molar-refractivity contribution in [3.8, 4) is 17.2 Å². The summed E-state index contributed by atoms with van der Waals surface area (Å²) >= 11 is 0. The predicted octanol–water partition coefficient (Wildman–Crippen LogP) is 4.92. The van der Waals surface area contributed by atoms with Crippen LogP contribution in [0.4, 0.5) is 5.69 Å². The number of hydrogen-bond acceptors (Lipinski definition) is 6. The predicted molar refractivity (Wildman–Crippen MR) is 133 cm³/mol. The van der Waals surface area contributed by atoms with Gasteiger partial charge in [-0.3, -0.25) is 14.5 Å². The van der Waals surface area contributed by atoms with Gasteiger partial charge in [0.25, 0.3) is 11.7 Å². The summed E-state index contributed by atoms with van der Waals surface area (Å²) in [5.74, 6) is -0.214. The smallest absolute Gasteiger partial charge is 0.300 e. The van der Waals surface area contributed by atoms with Gasteiger partial charge in [-0.1, -0.05) is 24.3 Å². The van der Waals surface area contributed by atoms with Crippen LogP contribution in [0.5, 0.6) is 17.2 Å². The second kappa shape index (κ2) is 8.49. The molecule has 4 aromatic rings. The Labute approximate surface area is 206 Å². The van der Waals surface area contributed by atoms with Gasteiger partial charge in [0, 0.05) is 40.0 Å². The van der Waals surface area contributed by atoms with Gasteiger partial charge in [-0.15, -0.1) is 0 Å². The molecule has 2 N–H and O–H groups in total. The molecule has 3 heterocycles. The largest absolute Gasteiger partial charge is 0.507 e. The molecule has 0 radical (unpaired) electrons. The second-order valence-electron chi connectivity index (χ2n) is 8.46. The van der Waals surface area contributed by atoms with Crippen LogP contribution in [-0.4, -0.2) is 35.2 Å². The average Bonchev–Trinajstić information content (AvgIpc) is 3.60. The van der Waals surface area contributed by atoms with E-state index in [2.05, 4.69) is 4.98 Å². The number of hydrogen-bond donors (Lipinski definition) is 2. The number of aliphatic hydroxyl groups is 1. The van der Waals surface area contributed by atoms with Crippen molar-refractivity contribution in [2.24, 2.45) is 0 Å². The number of amides is 1. The number of aromatic nitrogens is 1. The average molecular weight is 482 g/mol. The van der Waals surface area contributed by atoms with Gasteiger partial charge in [-0.05, 0) is 43.3 Å². The number of para-hydroxylation sites is 1. The molecule has 1 atom stereocenters. The SMILES string of the molecule is CCOc1cccc(N2C(=O)C(=O)/C(=C(/O)c3ccc4c(c3)OCO4)C2c2c[nH]c3ccccc23)c1. The first-order valence-corrected chi connectivity index (χ1v) is 11.6. The lowest BCUT2D eigenvalue weighted by Gasteiger charge is -2.25. The minimum absolute atomic E-state index is 0.00886. The molecule has 1 aromatic heterocycles. The van der Waals surface area contributed by atoms with E-state index in [4.69, 9.17) is 14.2 Å². The Balaban J connectivity index is 1.57. The van der Waals surface area contributed by atoms with Crippen molar-refractivity contribution in [1.29, 1.82) is 0 Å². The molecule has 0 bridgehead atoms. The highest BCUT2D eigenvalue weighted by Crippen LogP contribution is 2.45. The molecule has 1 unspecified atom stereocenters. The first-order chi connectivity index (χ1) is 17.6. The fourth-order valence-corrected chi connectivity index (χ4v) is 4.80. The van der Waals surface area contributed by atoms with Crippen molar-refractivity contribution in [3.63, 3.8) is 0 Å². The van der Waals surface area contributed by atoms with Gasteiger partial charge in [-0.2, -0.15) is 0 Å². The summed E-state index contributed by atoms with van der Waals surface area (Å²) in [4.78, 5) is 31.6.